The van der Waals surface area contributed by atoms with Gasteiger partial charge in [-0.05, 0) is 33.1 Å². The van der Waals surface area contributed by atoms with E-state index in [0.29, 0.717) is 41.8 Å². The summed E-state index contributed by atoms with van der Waals surface area (Å²) in [5, 5.41) is 14.9. The van der Waals surface area contributed by atoms with Crippen LogP contribution in [0.25, 0.3) is 0 Å². The Morgan fingerprint density at radius 1 is 1.21 bits per heavy atom. The molecule has 0 saturated carbocycles. The number of aryl methyl sites for hydroxylation is 2. The van der Waals surface area contributed by atoms with E-state index in [1.54, 1.807) is 22.5 Å². The number of hydrogen-bond donors (Lipinski definition) is 2. The Kier molecular flexibility index (Phi) is 7.23. The molecule has 154 valence electrons. The van der Waals surface area contributed by atoms with Crippen molar-refractivity contribution >= 4 is 29.1 Å². The van der Waals surface area contributed by atoms with Crippen LogP contribution in [0.5, 0.6) is 0 Å². The molecule has 0 radical (unpaired) electrons. The predicted molar refractivity (Wildman–Crippen MR) is 110 cm³/mol. The first-order valence-corrected chi connectivity index (χ1v) is 9.94. The molecule has 0 aromatic carbocycles. The fourth-order valence-electron chi connectivity index (χ4n) is 2.85. The number of rotatable bonds is 8. The van der Waals surface area contributed by atoms with Crippen LogP contribution in [0.3, 0.4) is 0 Å². The van der Waals surface area contributed by atoms with Gasteiger partial charge in [0.25, 0.3) is 5.91 Å². The normalized spacial score (nSPS) is 12.3. The Morgan fingerprint density at radius 2 is 1.89 bits per heavy atom. The summed E-state index contributed by atoms with van der Waals surface area (Å²) < 4.78 is 3.26. The molecule has 9 heteroatoms. The highest BCUT2D eigenvalue weighted by Crippen LogP contribution is 2.25. The van der Waals surface area contributed by atoms with Crippen LogP contribution in [0.4, 0.5) is 5.69 Å². The maximum Gasteiger partial charge on any atom is 0.273 e. The van der Waals surface area contributed by atoms with Gasteiger partial charge in [-0.3, -0.25) is 19.0 Å². The zero-order chi connectivity index (χ0) is 21.0. The summed E-state index contributed by atoms with van der Waals surface area (Å²) in [7, 11) is 0. The highest BCUT2D eigenvalue weighted by atomic mass is 35.5. The molecular formula is C19H29ClN6O2. The highest BCUT2D eigenvalue weighted by molar-refractivity contribution is 6.31. The molecule has 0 spiro atoms. The summed E-state index contributed by atoms with van der Waals surface area (Å²) in [6.07, 6.45) is 2.20. The van der Waals surface area contributed by atoms with Gasteiger partial charge in [0.1, 0.15) is 6.04 Å². The average Bonchev–Trinajstić information content (AvgIpc) is 3.17. The van der Waals surface area contributed by atoms with Crippen LogP contribution >= 0.6 is 11.6 Å². The maximum absolute atomic E-state index is 13.0. The summed E-state index contributed by atoms with van der Waals surface area (Å²) in [6.45, 7) is 12.6. The standard InChI is InChI=1S/C19H29ClN6O2/c1-7-15(26-13(6)16(20)12(5)23-26)18(27)22-14-10-25(8-2)24-17(14)19(28)21-9-11(3)4/h10-11,15H,7-9H2,1-6H3,(H,21,28)(H,22,27). The smallest absolute Gasteiger partial charge is 0.273 e. The molecule has 0 aliphatic carbocycles. The van der Waals surface area contributed by atoms with Gasteiger partial charge in [0.15, 0.2) is 5.69 Å². The molecule has 1 atom stereocenters. The SMILES string of the molecule is CCC(C(=O)Nc1cn(CC)nc1C(=O)NCC(C)C)n1nc(C)c(Cl)c1C. The van der Waals surface area contributed by atoms with Crippen molar-refractivity contribution in [3.63, 3.8) is 0 Å². The third-order valence-electron chi connectivity index (χ3n) is 4.45. The molecule has 0 aliphatic rings. The van der Waals surface area contributed by atoms with E-state index in [-0.39, 0.29) is 17.5 Å². The Labute approximate surface area is 170 Å². The lowest BCUT2D eigenvalue weighted by Gasteiger charge is -2.17. The van der Waals surface area contributed by atoms with Crippen molar-refractivity contribution in [1.82, 2.24) is 24.9 Å². The van der Waals surface area contributed by atoms with Gasteiger partial charge in [0, 0.05) is 19.3 Å². The number of nitrogens with zero attached hydrogens (tertiary/aromatic N) is 4. The minimum Gasteiger partial charge on any atom is -0.350 e. The van der Waals surface area contributed by atoms with E-state index in [1.165, 1.54) is 0 Å². The zero-order valence-corrected chi connectivity index (χ0v) is 18.1. The Morgan fingerprint density at radius 3 is 2.39 bits per heavy atom. The molecule has 8 nitrogen and oxygen atoms in total. The molecule has 0 fully saturated rings. The molecule has 2 amide bonds. The van der Waals surface area contributed by atoms with Gasteiger partial charge in [-0.1, -0.05) is 32.4 Å². The first-order valence-electron chi connectivity index (χ1n) is 9.57. The number of carbonyl (C=O) groups excluding carboxylic acids is 2. The number of hydrogen-bond acceptors (Lipinski definition) is 4. The predicted octanol–water partition coefficient (Wildman–Crippen LogP) is 3.35. The van der Waals surface area contributed by atoms with Crippen LogP contribution in [-0.2, 0) is 11.3 Å². The molecule has 2 heterocycles. The second kappa shape index (κ2) is 9.23. The third kappa shape index (κ3) is 4.73. The lowest BCUT2D eigenvalue weighted by atomic mass is 10.2. The molecule has 2 N–H and O–H groups in total. The molecule has 1 unspecified atom stereocenters. The zero-order valence-electron chi connectivity index (χ0n) is 17.3. The molecule has 2 aromatic rings. The van der Waals surface area contributed by atoms with E-state index in [0.717, 1.165) is 5.69 Å². The number of amides is 2. The summed E-state index contributed by atoms with van der Waals surface area (Å²) in [5.74, 6) is -0.257. The van der Waals surface area contributed by atoms with E-state index in [2.05, 4.69) is 20.8 Å². The fourth-order valence-corrected chi connectivity index (χ4v) is 2.98. The molecule has 28 heavy (non-hydrogen) atoms. The summed E-state index contributed by atoms with van der Waals surface area (Å²) >= 11 is 6.23. The van der Waals surface area contributed by atoms with Crippen molar-refractivity contribution in [1.29, 1.82) is 0 Å². The van der Waals surface area contributed by atoms with Crippen LogP contribution in [-0.4, -0.2) is 37.9 Å². The van der Waals surface area contributed by atoms with Crippen molar-refractivity contribution in [2.24, 2.45) is 5.92 Å². The average molecular weight is 409 g/mol. The topological polar surface area (TPSA) is 93.8 Å². The van der Waals surface area contributed by atoms with E-state index < -0.39 is 6.04 Å². The van der Waals surface area contributed by atoms with Crippen molar-refractivity contribution in [3.8, 4) is 0 Å². The van der Waals surface area contributed by atoms with Crippen molar-refractivity contribution < 1.29 is 9.59 Å². The number of nitrogens with one attached hydrogen (secondary N) is 2. The largest absolute Gasteiger partial charge is 0.350 e. The van der Waals surface area contributed by atoms with Gasteiger partial charge >= 0.3 is 0 Å². The van der Waals surface area contributed by atoms with Crippen LogP contribution in [0.15, 0.2) is 6.20 Å². The van der Waals surface area contributed by atoms with E-state index in [4.69, 9.17) is 11.6 Å². The highest BCUT2D eigenvalue weighted by Gasteiger charge is 2.26. The quantitative estimate of drug-likeness (QED) is 0.700. The minimum atomic E-state index is -0.539. The molecule has 0 saturated heterocycles. The summed E-state index contributed by atoms with van der Waals surface area (Å²) in [6, 6.07) is -0.539. The maximum atomic E-state index is 13.0. The lowest BCUT2D eigenvalue weighted by Crippen LogP contribution is -2.30. The second-order valence-electron chi connectivity index (χ2n) is 7.19. The van der Waals surface area contributed by atoms with Gasteiger partial charge in [-0.25, -0.2) is 0 Å². The van der Waals surface area contributed by atoms with Gasteiger partial charge in [-0.15, -0.1) is 0 Å². The van der Waals surface area contributed by atoms with Gasteiger partial charge in [0.05, 0.1) is 22.1 Å². The first kappa shape index (κ1) is 21.9. The van der Waals surface area contributed by atoms with Gasteiger partial charge in [0.2, 0.25) is 5.91 Å². The molecule has 2 aromatic heterocycles. The number of halogens is 1. The van der Waals surface area contributed by atoms with Gasteiger partial charge < -0.3 is 10.6 Å². The van der Waals surface area contributed by atoms with Crippen molar-refractivity contribution in [2.75, 3.05) is 11.9 Å². The number of aromatic nitrogens is 4. The Bertz CT molecular complexity index is 855. The van der Waals surface area contributed by atoms with E-state index in [1.807, 2.05) is 34.6 Å². The number of anilines is 1. The number of carbonyl (C=O) groups is 2. The van der Waals surface area contributed by atoms with Gasteiger partial charge in [-0.2, -0.15) is 10.2 Å². The van der Waals surface area contributed by atoms with Crippen molar-refractivity contribution in [2.45, 2.75) is 60.5 Å². The third-order valence-corrected chi connectivity index (χ3v) is 5.00. The summed E-state index contributed by atoms with van der Waals surface area (Å²) in [5.41, 5.74) is 2.01. The minimum absolute atomic E-state index is 0.206. The van der Waals surface area contributed by atoms with Crippen LogP contribution < -0.4 is 10.6 Å². The molecule has 2 rings (SSSR count). The first-order chi connectivity index (χ1) is 13.2. The van der Waals surface area contributed by atoms with Crippen molar-refractivity contribution in [3.05, 3.63) is 28.3 Å². The lowest BCUT2D eigenvalue weighted by molar-refractivity contribution is -0.119. The fraction of sp³-hybridized carbons (Fsp3) is 0.579. The monoisotopic (exact) mass is 408 g/mol. The van der Waals surface area contributed by atoms with E-state index >= 15 is 0 Å². The van der Waals surface area contributed by atoms with E-state index in [9.17, 15) is 9.59 Å². The van der Waals surface area contributed by atoms with Crippen LogP contribution in [0.1, 0.15) is 62.0 Å². The molecule has 0 bridgehead atoms. The Hall–Kier alpha value is -2.35. The second-order valence-corrected chi connectivity index (χ2v) is 7.57. The van der Waals surface area contributed by atoms with Crippen LogP contribution in [0.2, 0.25) is 5.02 Å². The van der Waals surface area contributed by atoms with Crippen LogP contribution in [0, 0.1) is 19.8 Å². The summed E-state index contributed by atoms with van der Waals surface area (Å²) in [4.78, 5) is 25.5. The molecule has 0 aliphatic heterocycles. The molecular weight excluding hydrogens is 380 g/mol. The Balaban J connectivity index is 2.27.